The van der Waals surface area contributed by atoms with Crippen molar-refractivity contribution in [3.8, 4) is 5.75 Å². The minimum Gasteiger partial charge on any atom is -0.485 e. The van der Waals surface area contributed by atoms with Gasteiger partial charge in [0.15, 0.2) is 0 Å². The molecule has 0 fully saturated rings. The van der Waals surface area contributed by atoms with Crippen LogP contribution in [0.4, 0.5) is 0 Å². The highest BCUT2D eigenvalue weighted by molar-refractivity contribution is 5.89. The first-order chi connectivity index (χ1) is 10.6. The van der Waals surface area contributed by atoms with Crippen molar-refractivity contribution >= 4 is 5.97 Å². The number of benzene rings is 2. The molecule has 2 aromatic carbocycles. The Morgan fingerprint density at radius 1 is 1.27 bits per heavy atom. The molecule has 0 spiro atoms. The number of hydrogen-bond donors (Lipinski definition) is 1. The van der Waals surface area contributed by atoms with Crippen molar-refractivity contribution in [1.82, 2.24) is 0 Å². The lowest BCUT2D eigenvalue weighted by molar-refractivity contribution is 0.0600. The van der Waals surface area contributed by atoms with Crippen LogP contribution in [0.1, 0.15) is 45.6 Å². The second-order valence-corrected chi connectivity index (χ2v) is 5.61. The molecule has 0 aromatic heterocycles. The summed E-state index contributed by atoms with van der Waals surface area (Å²) in [7, 11) is 1.38. The second-order valence-electron chi connectivity index (χ2n) is 5.61. The van der Waals surface area contributed by atoms with Gasteiger partial charge >= 0.3 is 5.97 Å². The Kier molecular flexibility index (Phi) is 3.86. The summed E-state index contributed by atoms with van der Waals surface area (Å²) in [5.41, 5.74) is 9.96. The summed E-state index contributed by atoms with van der Waals surface area (Å²) < 4.78 is 10.8. The number of aryl methyl sites for hydroxylation is 1. The summed E-state index contributed by atoms with van der Waals surface area (Å²) in [4.78, 5) is 11.7. The van der Waals surface area contributed by atoms with Gasteiger partial charge in [0.2, 0.25) is 0 Å². The average Bonchev–Trinajstić information content (AvgIpc) is 2.54. The molecule has 1 heterocycles. The molecule has 22 heavy (non-hydrogen) atoms. The summed E-state index contributed by atoms with van der Waals surface area (Å²) in [5, 5.41) is 0. The van der Waals surface area contributed by atoms with Crippen LogP contribution >= 0.6 is 0 Å². The molecule has 4 heteroatoms. The Hall–Kier alpha value is -2.33. The summed E-state index contributed by atoms with van der Waals surface area (Å²) in [5.74, 6) is 0.468. The quantitative estimate of drug-likeness (QED) is 0.864. The lowest BCUT2D eigenvalue weighted by Gasteiger charge is -2.31. The van der Waals surface area contributed by atoms with E-state index in [1.807, 2.05) is 37.3 Å². The van der Waals surface area contributed by atoms with Crippen molar-refractivity contribution < 1.29 is 14.3 Å². The summed E-state index contributed by atoms with van der Waals surface area (Å²) in [6, 6.07) is 13.3. The number of esters is 1. The van der Waals surface area contributed by atoms with Crippen molar-refractivity contribution in [3.05, 3.63) is 64.7 Å². The first-order valence-electron chi connectivity index (χ1n) is 7.29. The van der Waals surface area contributed by atoms with E-state index in [-0.39, 0.29) is 18.1 Å². The molecule has 0 radical (unpaired) electrons. The lowest BCUT2D eigenvalue weighted by atomic mass is 9.92. The molecule has 4 nitrogen and oxygen atoms in total. The Bertz CT molecular complexity index is 711. The van der Waals surface area contributed by atoms with E-state index in [4.69, 9.17) is 15.2 Å². The average molecular weight is 297 g/mol. The van der Waals surface area contributed by atoms with Crippen LogP contribution in [0.25, 0.3) is 0 Å². The van der Waals surface area contributed by atoms with E-state index in [0.717, 1.165) is 16.9 Å². The number of carbonyl (C=O) groups is 1. The number of fused-ring (bicyclic) bond motifs is 1. The molecule has 0 saturated heterocycles. The predicted molar refractivity (Wildman–Crippen MR) is 83.9 cm³/mol. The number of hydrogen-bond acceptors (Lipinski definition) is 4. The maximum absolute atomic E-state index is 11.7. The molecule has 1 aliphatic heterocycles. The molecular weight excluding hydrogens is 278 g/mol. The Balaban J connectivity index is 1.91. The first-order valence-corrected chi connectivity index (χ1v) is 7.29. The van der Waals surface area contributed by atoms with Crippen LogP contribution in [0.3, 0.4) is 0 Å². The number of ether oxygens (including phenoxy) is 2. The molecule has 2 atom stereocenters. The summed E-state index contributed by atoms with van der Waals surface area (Å²) in [6.45, 7) is 2.04. The smallest absolute Gasteiger partial charge is 0.337 e. The van der Waals surface area contributed by atoms with Crippen LogP contribution in [0.5, 0.6) is 5.75 Å². The van der Waals surface area contributed by atoms with Crippen molar-refractivity contribution in [2.75, 3.05) is 7.11 Å². The number of nitrogens with two attached hydrogens (primary N) is 1. The van der Waals surface area contributed by atoms with Gasteiger partial charge in [-0.3, -0.25) is 0 Å². The zero-order chi connectivity index (χ0) is 15.7. The van der Waals surface area contributed by atoms with Gasteiger partial charge in [0.05, 0.1) is 12.7 Å². The van der Waals surface area contributed by atoms with E-state index < -0.39 is 0 Å². The summed E-state index contributed by atoms with van der Waals surface area (Å²) >= 11 is 0. The zero-order valence-electron chi connectivity index (χ0n) is 12.7. The van der Waals surface area contributed by atoms with Crippen molar-refractivity contribution in [2.45, 2.75) is 25.5 Å². The third kappa shape index (κ3) is 2.70. The van der Waals surface area contributed by atoms with Gasteiger partial charge < -0.3 is 15.2 Å². The van der Waals surface area contributed by atoms with E-state index in [1.54, 1.807) is 6.07 Å². The highest BCUT2D eigenvalue weighted by Crippen LogP contribution is 2.40. The van der Waals surface area contributed by atoms with E-state index in [2.05, 4.69) is 6.07 Å². The van der Waals surface area contributed by atoms with Crippen LogP contribution in [-0.2, 0) is 4.74 Å². The van der Waals surface area contributed by atoms with Crippen molar-refractivity contribution in [2.24, 2.45) is 5.73 Å². The van der Waals surface area contributed by atoms with E-state index in [1.165, 1.54) is 12.7 Å². The monoisotopic (exact) mass is 297 g/mol. The maximum Gasteiger partial charge on any atom is 0.337 e. The fraction of sp³-hybridized carbons (Fsp3) is 0.278. The topological polar surface area (TPSA) is 61.5 Å². The van der Waals surface area contributed by atoms with Gasteiger partial charge in [0.25, 0.3) is 0 Å². The van der Waals surface area contributed by atoms with Crippen LogP contribution in [0.2, 0.25) is 0 Å². The van der Waals surface area contributed by atoms with Gasteiger partial charge in [0.1, 0.15) is 11.9 Å². The first kappa shape index (κ1) is 14.6. The molecule has 2 N–H and O–H groups in total. The second kappa shape index (κ2) is 5.81. The van der Waals surface area contributed by atoms with E-state index in [9.17, 15) is 4.79 Å². The van der Waals surface area contributed by atoms with Gasteiger partial charge in [-0.15, -0.1) is 0 Å². The molecule has 3 rings (SSSR count). The standard InChI is InChI=1S/C18H19NO3/c1-11-6-7-16-14(8-11)15(19)10-17(22-16)12-4-3-5-13(9-12)18(20)21-2/h3-9,15,17H,10,19H2,1-2H3/t15?,17-/m1/s1. The highest BCUT2D eigenvalue weighted by atomic mass is 16.5. The molecule has 1 aliphatic rings. The molecule has 0 bridgehead atoms. The minimum absolute atomic E-state index is 0.0737. The Labute approximate surface area is 129 Å². The summed E-state index contributed by atoms with van der Waals surface area (Å²) in [6.07, 6.45) is 0.524. The van der Waals surface area contributed by atoms with Gasteiger partial charge in [0, 0.05) is 18.0 Å². The normalized spacial score (nSPS) is 20.0. The highest BCUT2D eigenvalue weighted by Gasteiger charge is 2.27. The number of methoxy groups -OCH3 is 1. The zero-order valence-corrected chi connectivity index (χ0v) is 12.7. The lowest BCUT2D eigenvalue weighted by Crippen LogP contribution is -2.24. The van der Waals surface area contributed by atoms with Crippen LogP contribution < -0.4 is 10.5 Å². The Morgan fingerprint density at radius 3 is 2.86 bits per heavy atom. The van der Waals surface area contributed by atoms with Gasteiger partial charge in [-0.1, -0.05) is 29.8 Å². The van der Waals surface area contributed by atoms with Crippen LogP contribution in [0.15, 0.2) is 42.5 Å². The molecule has 0 amide bonds. The van der Waals surface area contributed by atoms with Crippen LogP contribution in [-0.4, -0.2) is 13.1 Å². The number of rotatable bonds is 2. The molecule has 114 valence electrons. The van der Waals surface area contributed by atoms with Crippen LogP contribution in [0, 0.1) is 6.92 Å². The SMILES string of the molecule is COC(=O)c1cccc([C@H]2CC(N)c3cc(C)ccc3O2)c1. The van der Waals surface area contributed by atoms with Crippen molar-refractivity contribution in [1.29, 1.82) is 0 Å². The molecule has 2 aromatic rings. The van der Waals surface area contributed by atoms with E-state index >= 15 is 0 Å². The molecule has 0 saturated carbocycles. The minimum atomic E-state index is -0.349. The van der Waals surface area contributed by atoms with Gasteiger partial charge in [-0.05, 0) is 30.7 Å². The fourth-order valence-corrected chi connectivity index (χ4v) is 2.81. The molecular formula is C18H19NO3. The maximum atomic E-state index is 11.7. The van der Waals surface area contributed by atoms with Gasteiger partial charge in [-0.25, -0.2) is 4.79 Å². The van der Waals surface area contributed by atoms with E-state index in [0.29, 0.717) is 12.0 Å². The predicted octanol–water partition coefficient (Wildman–Crippen LogP) is 3.31. The molecule has 1 unspecified atom stereocenters. The van der Waals surface area contributed by atoms with Gasteiger partial charge in [-0.2, -0.15) is 0 Å². The Morgan fingerprint density at radius 2 is 2.09 bits per heavy atom. The van der Waals surface area contributed by atoms with Crippen molar-refractivity contribution in [3.63, 3.8) is 0 Å². The fourth-order valence-electron chi connectivity index (χ4n) is 2.81. The largest absolute Gasteiger partial charge is 0.485 e. The third-order valence-corrected chi connectivity index (χ3v) is 3.98. The molecule has 0 aliphatic carbocycles. The third-order valence-electron chi connectivity index (χ3n) is 3.98. The number of carbonyl (C=O) groups excluding carboxylic acids is 1.